The van der Waals surface area contributed by atoms with Crippen LogP contribution in [-0.4, -0.2) is 26.1 Å². The largest absolute Gasteiger partial charge is 0.421 e. The van der Waals surface area contributed by atoms with Crippen molar-refractivity contribution in [3.63, 3.8) is 0 Å². The van der Waals surface area contributed by atoms with Gasteiger partial charge >= 0.3 is 6.01 Å². The maximum atomic E-state index is 13.7. The third kappa shape index (κ3) is 3.71. The second kappa shape index (κ2) is 7.26. The maximum absolute atomic E-state index is 13.7. The van der Waals surface area contributed by atoms with Crippen LogP contribution < -0.4 is 10.1 Å². The second-order valence-corrected chi connectivity index (χ2v) is 6.49. The number of anilines is 1. The fourth-order valence-corrected chi connectivity index (χ4v) is 3.18. The molecule has 1 aromatic carbocycles. The van der Waals surface area contributed by atoms with E-state index in [1.807, 2.05) is 0 Å². The van der Waals surface area contributed by atoms with Crippen LogP contribution in [0.4, 0.5) is 14.6 Å². The number of benzene rings is 1. The molecule has 1 aliphatic rings. The van der Waals surface area contributed by atoms with Crippen LogP contribution in [0.3, 0.4) is 0 Å². The average Bonchev–Trinajstić information content (AvgIpc) is 3.07. The summed E-state index contributed by atoms with van der Waals surface area (Å²) in [6.07, 6.45) is 6.48. The SMILES string of the molecule is O=C(Nc1n[nH]c2nc(Oc3ccc(F)cc3F)ncc12)C1CCCCC1. The van der Waals surface area contributed by atoms with E-state index in [1.165, 1.54) is 12.6 Å². The second-order valence-electron chi connectivity index (χ2n) is 6.49. The van der Waals surface area contributed by atoms with Crippen LogP contribution in [-0.2, 0) is 4.79 Å². The molecule has 2 N–H and O–H groups in total. The van der Waals surface area contributed by atoms with Gasteiger partial charge in [0.15, 0.2) is 23.0 Å². The number of ether oxygens (including phenoxy) is 1. The summed E-state index contributed by atoms with van der Waals surface area (Å²) >= 11 is 0. The van der Waals surface area contributed by atoms with Crippen LogP contribution in [0.5, 0.6) is 11.8 Å². The van der Waals surface area contributed by atoms with Crippen molar-refractivity contribution < 1.29 is 18.3 Å². The first-order valence-electron chi connectivity index (χ1n) is 8.75. The lowest BCUT2D eigenvalue weighted by Crippen LogP contribution is -2.24. The molecule has 0 bridgehead atoms. The third-order valence-corrected chi connectivity index (χ3v) is 4.61. The van der Waals surface area contributed by atoms with E-state index in [0.717, 1.165) is 37.8 Å². The van der Waals surface area contributed by atoms with E-state index in [2.05, 4.69) is 25.5 Å². The standard InChI is InChI=1S/C18H17F2N5O2/c19-11-6-7-14(13(20)8-11)27-18-21-9-12-15(24-25-16(12)23-18)22-17(26)10-4-2-1-3-5-10/h6-10H,1-5H2,(H2,21,22,23,24,25,26). The van der Waals surface area contributed by atoms with Crippen molar-refractivity contribution in [3.8, 4) is 11.8 Å². The zero-order valence-electron chi connectivity index (χ0n) is 14.3. The Kier molecular flexibility index (Phi) is 4.66. The Hall–Kier alpha value is -3.10. The van der Waals surface area contributed by atoms with E-state index >= 15 is 0 Å². The summed E-state index contributed by atoms with van der Waals surface area (Å²) in [6, 6.07) is 2.82. The molecule has 7 nitrogen and oxygen atoms in total. The van der Waals surface area contributed by atoms with Crippen molar-refractivity contribution >= 4 is 22.8 Å². The maximum Gasteiger partial charge on any atom is 0.324 e. The molecule has 4 rings (SSSR count). The number of aromatic nitrogens is 4. The van der Waals surface area contributed by atoms with Gasteiger partial charge in [-0.3, -0.25) is 9.89 Å². The van der Waals surface area contributed by atoms with Crippen molar-refractivity contribution in [2.45, 2.75) is 32.1 Å². The zero-order chi connectivity index (χ0) is 18.8. The predicted octanol–water partition coefficient (Wildman–Crippen LogP) is 3.94. The molecule has 0 saturated heterocycles. The van der Waals surface area contributed by atoms with Gasteiger partial charge in [0.2, 0.25) is 5.91 Å². The molecule has 1 saturated carbocycles. The summed E-state index contributed by atoms with van der Waals surface area (Å²) < 4.78 is 31.9. The van der Waals surface area contributed by atoms with Gasteiger partial charge in [-0.25, -0.2) is 13.8 Å². The van der Waals surface area contributed by atoms with Gasteiger partial charge in [0, 0.05) is 18.2 Å². The number of carbonyl (C=O) groups excluding carboxylic acids is 1. The minimum Gasteiger partial charge on any atom is -0.421 e. The molecule has 0 radical (unpaired) electrons. The van der Waals surface area contributed by atoms with E-state index in [1.54, 1.807) is 0 Å². The zero-order valence-corrected chi connectivity index (χ0v) is 14.3. The Bertz CT molecular complexity index is 985. The molecule has 1 fully saturated rings. The molecule has 9 heteroatoms. The Morgan fingerprint density at radius 1 is 1.22 bits per heavy atom. The van der Waals surface area contributed by atoms with Gasteiger partial charge in [-0.1, -0.05) is 19.3 Å². The summed E-state index contributed by atoms with van der Waals surface area (Å²) in [4.78, 5) is 20.5. The summed E-state index contributed by atoms with van der Waals surface area (Å²) in [7, 11) is 0. The highest BCUT2D eigenvalue weighted by molar-refractivity contribution is 5.99. The normalized spacial score (nSPS) is 15.0. The van der Waals surface area contributed by atoms with Crippen molar-refractivity contribution in [3.05, 3.63) is 36.0 Å². The topological polar surface area (TPSA) is 92.8 Å². The van der Waals surface area contributed by atoms with E-state index < -0.39 is 11.6 Å². The molecule has 27 heavy (non-hydrogen) atoms. The number of hydrogen-bond acceptors (Lipinski definition) is 5. The summed E-state index contributed by atoms with van der Waals surface area (Å²) in [6.45, 7) is 0. The van der Waals surface area contributed by atoms with Gasteiger partial charge in [0.1, 0.15) is 5.82 Å². The first kappa shape index (κ1) is 17.3. The number of aromatic amines is 1. The third-order valence-electron chi connectivity index (χ3n) is 4.61. The number of hydrogen-bond donors (Lipinski definition) is 2. The highest BCUT2D eigenvalue weighted by Crippen LogP contribution is 2.27. The molecular weight excluding hydrogens is 356 g/mol. The molecule has 0 spiro atoms. The predicted molar refractivity (Wildman–Crippen MR) is 93.3 cm³/mol. The van der Waals surface area contributed by atoms with Crippen LogP contribution in [0.15, 0.2) is 24.4 Å². The molecule has 0 aliphatic heterocycles. The number of fused-ring (bicyclic) bond motifs is 1. The summed E-state index contributed by atoms with van der Waals surface area (Å²) in [5, 5.41) is 10.1. The highest BCUT2D eigenvalue weighted by atomic mass is 19.1. The molecular formula is C18H17F2N5O2. The van der Waals surface area contributed by atoms with Crippen molar-refractivity contribution in [1.29, 1.82) is 0 Å². The Morgan fingerprint density at radius 2 is 2.04 bits per heavy atom. The van der Waals surface area contributed by atoms with Crippen LogP contribution in [0, 0.1) is 17.6 Å². The fraction of sp³-hybridized carbons (Fsp3) is 0.333. The number of nitrogens with one attached hydrogen (secondary N) is 2. The fourth-order valence-electron chi connectivity index (χ4n) is 3.18. The average molecular weight is 373 g/mol. The lowest BCUT2D eigenvalue weighted by atomic mass is 9.89. The lowest BCUT2D eigenvalue weighted by molar-refractivity contribution is -0.120. The van der Waals surface area contributed by atoms with Crippen LogP contribution in [0.1, 0.15) is 32.1 Å². The Morgan fingerprint density at radius 3 is 2.81 bits per heavy atom. The van der Waals surface area contributed by atoms with Crippen molar-refractivity contribution in [2.75, 3.05) is 5.32 Å². The first-order chi connectivity index (χ1) is 13.1. The molecule has 3 aromatic rings. The number of rotatable bonds is 4. The molecule has 0 atom stereocenters. The monoisotopic (exact) mass is 373 g/mol. The molecule has 2 aromatic heterocycles. The van der Waals surface area contributed by atoms with E-state index in [4.69, 9.17) is 4.74 Å². The first-order valence-corrected chi connectivity index (χ1v) is 8.75. The van der Waals surface area contributed by atoms with Gasteiger partial charge < -0.3 is 10.1 Å². The highest BCUT2D eigenvalue weighted by Gasteiger charge is 2.22. The minimum atomic E-state index is -0.858. The van der Waals surface area contributed by atoms with Gasteiger partial charge in [-0.15, -0.1) is 0 Å². The number of nitrogens with zero attached hydrogens (tertiary/aromatic N) is 3. The van der Waals surface area contributed by atoms with Gasteiger partial charge in [-0.05, 0) is 25.0 Å². The van der Waals surface area contributed by atoms with E-state index in [9.17, 15) is 13.6 Å². The van der Waals surface area contributed by atoms with Crippen LogP contribution in [0.25, 0.3) is 11.0 Å². The van der Waals surface area contributed by atoms with Crippen molar-refractivity contribution in [1.82, 2.24) is 20.2 Å². The van der Waals surface area contributed by atoms with Gasteiger partial charge in [-0.2, -0.15) is 10.1 Å². The van der Waals surface area contributed by atoms with Crippen molar-refractivity contribution in [2.24, 2.45) is 5.92 Å². The molecule has 0 unspecified atom stereocenters. The minimum absolute atomic E-state index is 0.00419. The van der Waals surface area contributed by atoms with Gasteiger partial charge in [0.25, 0.3) is 0 Å². The lowest BCUT2D eigenvalue weighted by Gasteiger charge is -2.20. The molecule has 1 amide bonds. The molecule has 1 aliphatic carbocycles. The van der Waals surface area contributed by atoms with Gasteiger partial charge in [0.05, 0.1) is 5.39 Å². The Balaban J connectivity index is 1.51. The summed E-state index contributed by atoms with van der Waals surface area (Å²) in [5.41, 5.74) is 0.335. The number of halogens is 2. The number of amides is 1. The number of carbonyl (C=O) groups is 1. The van der Waals surface area contributed by atoms with Crippen LogP contribution >= 0.6 is 0 Å². The smallest absolute Gasteiger partial charge is 0.324 e. The summed E-state index contributed by atoms with van der Waals surface area (Å²) in [5.74, 6) is -1.47. The quantitative estimate of drug-likeness (QED) is 0.723. The molecule has 2 heterocycles. The number of H-pyrrole nitrogens is 1. The van der Waals surface area contributed by atoms with E-state index in [0.29, 0.717) is 22.9 Å². The van der Waals surface area contributed by atoms with E-state index in [-0.39, 0.29) is 23.6 Å². The Labute approximate surface area is 153 Å². The molecule has 140 valence electrons. The van der Waals surface area contributed by atoms with Crippen LogP contribution in [0.2, 0.25) is 0 Å².